The van der Waals surface area contributed by atoms with Crippen molar-refractivity contribution in [3.63, 3.8) is 0 Å². The van der Waals surface area contributed by atoms with Gasteiger partial charge in [-0.2, -0.15) is 35.1 Å². The average molecular weight is 318 g/mol. The lowest BCUT2D eigenvalue weighted by molar-refractivity contribution is -0.342. The highest BCUT2D eigenvalue weighted by atomic mass is 19.4. The van der Waals surface area contributed by atoms with Crippen LogP contribution in [-0.4, -0.2) is 18.0 Å². The molecule has 0 spiro atoms. The van der Waals surface area contributed by atoms with Crippen LogP contribution in [0, 0.1) is 0 Å². The largest absolute Gasteiger partial charge is 0.460 e. The second kappa shape index (κ2) is 5.78. The Balaban J connectivity index is 2.98. The molecule has 0 heterocycles. The highest BCUT2D eigenvalue weighted by Gasteiger charge is 2.72. The first-order valence-electron chi connectivity index (χ1n) is 5.15. The molecule has 0 N–H and O–H groups in total. The molecule has 0 aliphatic heterocycles. The summed E-state index contributed by atoms with van der Waals surface area (Å²) in [5.41, 5.74) is -0.00746. The zero-order valence-corrected chi connectivity index (χ0v) is 9.88. The molecule has 0 amide bonds. The van der Waals surface area contributed by atoms with Crippen LogP contribution in [0.1, 0.15) is 0 Å². The number of alkyl halides is 7. The standard InChI is InChI=1S/C11H6F8N2/c12-8(21-20-7-4-2-1-3-5-7)6-9(13,14)10(15,16)11(17,18)19/h1-6H/b8-6+,21-20?. The van der Waals surface area contributed by atoms with E-state index in [9.17, 15) is 35.1 Å². The van der Waals surface area contributed by atoms with E-state index in [4.69, 9.17) is 0 Å². The molecular weight excluding hydrogens is 312 g/mol. The summed E-state index contributed by atoms with van der Waals surface area (Å²) in [6, 6.07) is 6.96. The van der Waals surface area contributed by atoms with Crippen molar-refractivity contribution in [3.8, 4) is 0 Å². The zero-order valence-electron chi connectivity index (χ0n) is 9.88. The maximum atomic E-state index is 12.9. The molecule has 0 fully saturated rings. The quantitative estimate of drug-likeness (QED) is 0.403. The van der Waals surface area contributed by atoms with E-state index in [0.717, 1.165) is 0 Å². The van der Waals surface area contributed by atoms with Crippen molar-refractivity contribution in [1.29, 1.82) is 0 Å². The Morgan fingerprint density at radius 2 is 1.43 bits per heavy atom. The Hall–Kier alpha value is -2.00. The van der Waals surface area contributed by atoms with Crippen molar-refractivity contribution in [2.75, 3.05) is 0 Å². The third-order valence-electron chi connectivity index (χ3n) is 2.09. The molecule has 1 aromatic carbocycles. The predicted octanol–water partition coefficient (Wildman–Crippen LogP) is 5.41. The second-order valence-electron chi connectivity index (χ2n) is 3.70. The van der Waals surface area contributed by atoms with Gasteiger partial charge in [-0.1, -0.05) is 18.2 Å². The van der Waals surface area contributed by atoms with E-state index in [1.807, 2.05) is 0 Å². The summed E-state index contributed by atoms with van der Waals surface area (Å²) in [4.78, 5) is 0. The molecule has 0 radical (unpaired) electrons. The maximum absolute atomic E-state index is 12.9. The number of hydrogen-bond acceptors (Lipinski definition) is 2. The van der Waals surface area contributed by atoms with E-state index in [-0.39, 0.29) is 5.69 Å². The van der Waals surface area contributed by atoms with Crippen LogP contribution in [0.2, 0.25) is 0 Å². The number of azo groups is 1. The fourth-order valence-corrected chi connectivity index (χ4v) is 1.06. The van der Waals surface area contributed by atoms with Crippen LogP contribution >= 0.6 is 0 Å². The van der Waals surface area contributed by atoms with E-state index < -0.39 is 30.0 Å². The maximum Gasteiger partial charge on any atom is 0.460 e. The van der Waals surface area contributed by atoms with Gasteiger partial charge in [0.1, 0.15) is 0 Å². The summed E-state index contributed by atoms with van der Waals surface area (Å²) >= 11 is 0. The van der Waals surface area contributed by atoms with Gasteiger partial charge in [-0.3, -0.25) is 0 Å². The van der Waals surface area contributed by atoms with Gasteiger partial charge in [0.2, 0.25) is 5.95 Å². The van der Waals surface area contributed by atoms with Crippen molar-refractivity contribution in [3.05, 3.63) is 42.4 Å². The first kappa shape index (κ1) is 17.1. The van der Waals surface area contributed by atoms with Crippen LogP contribution < -0.4 is 0 Å². The Kier molecular flexibility index (Phi) is 4.69. The molecule has 1 aromatic rings. The third-order valence-corrected chi connectivity index (χ3v) is 2.09. The first-order chi connectivity index (χ1) is 9.47. The van der Waals surface area contributed by atoms with Gasteiger partial charge in [0.25, 0.3) is 0 Å². The van der Waals surface area contributed by atoms with Crippen molar-refractivity contribution in [2.24, 2.45) is 10.2 Å². The summed E-state index contributed by atoms with van der Waals surface area (Å²) in [6.45, 7) is 0. The van der Waals surface area contributed by atoms with Crippen LogP contribution in [0.25, 0.3) is 0 Å². The van der Waals surface area contributed by atoms with Crippen LogP contribution in [0.15, 0.2) is 52.6 Å². The molecule has 0 saturated heterocycles. The summed E-state index contributed by atoms with van der Waals surface area (Å²) in [5, 5.41) is 5.57. The van der Waals surface area contributed by atoms with Gasteiger partial charge in [0.05, 0.1) is 5.69 Å². The molecular formula is C11H6F8N2. The lowest BCUT2D eigenvalue weighted by Gasteiger charge is -2.25. The van der Waals surface area contributed by atoms with Gasteiger partial charge in [0.15, 0.2) is 0 Å². The smallest absolute Gasteiger partial charge is 0.194 e. The topological polar surface area (TPSA) is 24.7 Å². The van der Waals surface area contributed by atoms with Crippen molar-refractivity contribution < 1.29 is 35.1 Å². The molecule has 0 aromatic heterocycles. The van der Waals surface area contributed by atoms with Crippen LogP contribution in [0.4, 0.5) is 40.8 Å². The van der Waals surface area contributed by atoms with Crippen LogP contribution in [0.3, 0.4) is 0 Å². The first-order valence-corrected chi connectivity index (χ1v) is 5.15. The highest BCUT2D eigenvalue weighted by Crippen LogP contribution is 2.47. The highest BCUT2D eigenvalue weighted by molar-refractivity contribution is 5.34. The summed E-state index contributed by atoms with van der Waals surface area (Å²) in [7, 11) is 0. The minimum absolute atomic E-state index is 0.00746. The zero-order chi connectivity index (χ0) is 16.3. The fourth-order valence-electron chi connectivity index (χ4n) is 1.06. The Morgan fingerprint density at radius 1 is 0.905 bits per heavy atom. The van der Waals surface area contributed by atoms with Crippen molar-refractivity contribution in [1.82, 2.24) is 0 Å². The molecule has 0 saturated carbocycles. The summed E-state index contributed by atoms with van der Waals surface area (Å²) in [6.07, 6.45) is -7.77. The fraction of sp³-hybridized carbons (Fsp3) is 0.273. The molecule has 10 heteroatoms. The Bertz CT molecular complexity index is 533. The molecule has 0 aliphatic rings. The van der Waals surface area contributed by atoms with Crippen molar-refractivity contribution >= 4 is 5.69 Å². The Morgan fingerprint density at radius 3 is 1.90 bits per heavy atom. The number of halogens is 8. The van der Waals surface area contributed by atoms with Crippen molar-refractivity contribution in [2.45, 2.75) is 18.0 Å². The van der Waals surface area contributed by atoms with Gasteiger partial charge in [-0.25, -0.2) is 0 Å². The van der Waals surface area contributed by atoms with Gasteiger partial charge in [0, 0.05) is 6.08 Å². The molecule has 0 unspecified atom stereocenters. The Labute approximate surface area is 112 Å². The van der Waals surface area contributed by atoms with Gasteiger partial charge in [-0.15, -0.1) is 10.2 Å². The summed E-state index contributed by atoms with van der Waals surface area (Å²) < 4.78 is 98.8. The molecule has 0 bridgehead atoms. The molecule has 0 aliphatic carbocycles. The minimum Gasteiger partial charge on any atom is -0.194 e. The van der Waals surface area contributed by atoms with E-state index in [0.29, 0.717) is 0 Å². The number of rotatable bonds is 4. The SMILES string of the molecule is F/C(=C\C(F)(F)C(F)(F)C(F)(F)F)N=Nc1ccccc1. The molecule has 21 heavy (non-hydrogen) atoms. The molecule has 1 rings (SSSR count). The van der Waals surface area contributed by atoms with Gasteiger partial charge < -0.3 is 0 Å². The van der Waals surface area contributed by atoms with E-state index >= 15 is 0 Å². The third kappa shape index (κ3) is 3.99. The second-order valence-corrected chi connectivity index (χ2v) is 3.70. The average Bonchev–Trinajstić information content (AvgIpc) is 2.35. The minimum atomic E-state index is -6.54. The number of benzene rings is 1. The normalized spacial score (nSPS) is 14.8. The molecule has 2 nitrogen and oxygen atoms in total. The lowest BCUT2D eigenvalue weighted by Crippen LogP contribution is -2.50. The lowest BCUT2D eigenvalue weighted by atomic mass is 10.1. The summed E-state index contributed by atoms with van der Waals surface area (Å²) in [5.74, 6) is -14.5. The van der Waals surface area contributed by atoms with Crippen LogP contribution in [-0.2, 0) is 0 Å². The van der Waals surface area contributed by atoms with Gasteiger partial charge >= 0.3 is 18.0 Å². The van der Waals surface area contributed by atoms with E-state index in [1.54, 1.807) is 6.07 Å². The van der Waals surface area contributed by atoms with Crippen LogP contribution in [0.5, 0.6) is 0 Å². The van der Waals surface area contributed by atoms with E-state index in [1.165, 1.54) is 24.3 Å². The van der Waals surface area contributed by atoms with E-state index in [2.05, 4.69) is 10.2 Å². The predicted molar refractivity (Wildman–Crippen MR) is 56.1 cm³/mol. The monoisotopic (exact) mass is 318 g/mol. The number of hydrogen-bond donors (Lipinski definition) is 0. The number of nitrogens with zero attached hydrogens (tertiary/aromatic N) is 2. The number of allylic oxidation sites excluding steroid dienone is 1. The molecule has 116 valence electrons. The molecule has 0 atom stereocenters. The van der Waals surface area contributed by atoms with Gasteiger partial charge in [-0.05, 0) is 12.1 Å².